The van der Waals surface area contributed by atoms with Gasteiger partial charge in [0.15, 0.2) is 0 Å². The molecule has 0 radical (unpaired) electrons. The fourth-order valence-electron chi connectivity index (χ4n) is 1.41. The molecule has 1 N–H and O–H groups in total. The van der Waals surface area contributed by atoms with Crippen LogP contribution in [0.1, 0.15) is 21.7 Å². The first-order valence-corrected chi connectivity index (χ1v) is 4.81. The summed E-state index contributed by atoms with van der Waals surface area (Å²) in [7, 11) is 0. The molecule has 1 heterocycles. The van der Waals surface area contributed by atoms with E-state index in [1.165, 1.54) is 17.1 Å². The Morgan fingerprint density at radius 3 is 3.00 bits per heavy atom. The average molecular weight is 228 g/mol. The van der Waals surface area contributed by atoms with E-state index in [4.69, 9.17) is 10.4 Å². The second-order valence-corrected chi connectivity index (χ2v) is 3.38. The molecule has 2 aromatic rings. The van der Waals surface area contributed by atoms with Gasteiger partial charge < -0.3 is 5.11 Å². The lowest BCUT2D eigenvalue weighted by molar-refractivity contribution is 0.0696. The van der Waals surface area contributed by atoms with Crippen LogP contribution in [0.25, 0.3) is 0 Å². The molecule has 0 aliphatic carbocycles. The first kappa shape index (κ1) is 10.8. The lowest BCUT2D eigenvalue weighted by Gasteiger charge is -2.02. The highest BCUT2D eigenvalue weighted by Crippen LogP contribution is 2.06. The van der Waals surface area contributed by atoms with Gasteiger partial charge in [-0.25, -0.2) is 14.5 Å². The molecule has 0 bridgehead atoms. The van der Waals surface area contributed by atoms with E-state index in [2.05, 4.69) is 10.1 Å². The number of carboxylic acids is 1. The second kappa shape index (κ2) is 4.45. The van der Waals surface area contributed by atoms with Crippen LogP contribution in [0.3, 0.4) is 0 Å². The van der Waals surface area contributed by atoms with Crippen LogP contribution in [0.2, 0.25) is 0 Å². The molecule has 6 heteroatoms. The van der Waals surface area contributed by atoms with Gasteiger partial charge >= 0.3 is 5.97 Å². The van der Waals surface area contributed by atoms with Crippen LogP contribution < -0.4 is 0 Å². The zero-order valence-electron chi connectivity index (χ0n) is 8.74. The highest BCUT2D eigenvalue weighted by Gasteiger charge is 2.04. The SMILES string of the molecule is N#Cc1ncn(Cc2cccc(C(=O)O)c2)n1. The van der Waals surface area contributed by atoms with Crippen LogP contribution in [-0.2, 0) is 6.54 Å². The third kappa shape index (κ3) is 2.46. The molecular weight excluding hydrogens is 220 g/mol. The van der Waals surface area contributed by atoms with Crippen molar-refractivity contribution >= 4 is 5.97 Å². The largest absolute Gasteiger partial charge is 0.478 e. The van der Waals surface area contributed by atoms with Crippen LogP contribution >= 0.6 is 0 Å². The summed E-state index contributed by atoms with van der Waals surface area (Å²) in [6.07, 6.45) is 1.44. The van der Waals surface area contributed by atoms with E-state index in [1.807, 2.05) is 6.07 Å². The van der Waals surface area contributed by atoms with E-state index < -0.39 is 5.97 Å². The molecular formula is C11H8N4O2. The van der Waals surface area contributed by atoms with Gasteiger partial charge in [0.1, 0.15) is 12.4 Å². The first-order valence-electron chi connectivity index (χ1n) is 4.81. The molecule has 2 rings (SSSR count). The van der Waals surface area contributed by atoms with Crippen molar-refractivity contribution in [1.29, 1.82) is 5.26 Å². The summed E-state index contributed by atoms with van der Waals surface area (Å²) in [5.41, 5.74) is 1.02. The van der Waals surface area contributed by atoms with Crippen LogP contribution in [-0.4, -0.2) is 25.8 Å². The molecule has 6 nitrogen and oxygen atoms in total. The number of rotatable bonds is 3. The number of hydrogen-bond acceptors (Lipinski definition) is 4. The number of aromatic nitrogens is 3. The molecule has 17 heavy (non-hydrogen) atoms. The summed E-state index contributed by atoms with van der Waals surface area (Å²) in [6, 6.07) is 8.37. The molecule has 0 aliphatic heterocycles. The Labute approximate surface area is 96.8 Å². The normalized spacial score (nSPS) is 9.82. The fraction of sp³-hybridized carbons (Fsp3) is 0.0909. The average Bonchev–Trinajstić information content (AvgIpc) is 2.77. The predicted molar refractivity (Wildman–Crippen MR) is 57.2 cm³/mol. The van der Waals surface area contributed by atoms with E-state index in [-0.39, 0.29) is 11.4 Å². The topological polar surface area (TPSA) is 91.8 Å². The van der Waals surface area contributed by atoms with Gasteiger partial charge in [-0.1, -0.05) is 12.1 Å². The first-order chi connectivity index (χ1) is 8.19. The third-order valence-corrected chi connectivity index (χ3v) is 2.15. The third-order valence-electron chi connectivity index (χ3n) is 2.15. The van der Waals surface area contributed by atoms with Crippen molar-refractivity contribution < 1.29 is 9.90 Å². The lowest BCUT2D eigenvalue weighted by atomic mass is 10.1. The zero-order valence-corrected chi connectivity index (χ0v) is 8.74. The Morgan fingerprint density at radius 1 is 1.53 bits per heavy atom. The van der Waals surface area contributed by atoms with Gasteiger partial charge in [-0.05, 0) is 17.7 Å². The molecule has 84 valence electrons. The Morgan fingerprint density at radius 2 is 2.35 bits per heavy atom. The maximum Gasteiger partial charge on any atom is 0.335 e. The molecule has 0 saturated heterocycles. The van der Waals surface area contributed by atoms with Gasteiger partial charge in [-0.2, -0.15) is 5.26 Å². The molecule has 0 amide bonds. The number of carboxylic acid groups (broad SMARTS) is 1. The Balaban J connectivity index is 2.21. The van der Waals surface area contributed by atoms with Crippen molar-refractivity contribution in [2.45, 2.75) is 6.54 Å². The van der Waals surface area contributed by atoms with E-state index in [1.54, 1.807) is 18.2 Å². The van der Waals surface area contributed by atoms with Gasteiger partial charge in [-0.3, -0.25) is 0 Å². The van der Waals surface area contributed by atoms with Crippen molar-refractivity contribution in [2.24, 2.45) is 0 Å². The van der Waals surface area contributed by atoms with Crippen LogP contribution in [0, 0.1) is 11.3 Å². The van der Waals surface area contributed by atoms with Crippen molar-refractivity contribution in [3.63, 3.8) is 0 Å². The summed E-state index contributed by atoms with van der Waals surface area (Å²) in [4.78, 5) is 14.5. The summed E-state index contributed by atoms with van der Waals surface area (Å²) >= 11 is 0. The monoisotopic (exact) mass is 228 g/mol. The molecule has 0 fully saturated rings. The minimum Gasteiger partial charge on any atom is -0.478 e. The molecule has 0 saturated carbocycles. The van der Waals surface area contributed by atoms with Gasteiger partial charge in [0.05, 0.1) is 12.1 Å². The van der Waals surface area contributed by atoms with Crippen molar-refractivity contribution in [1.82, 2.24) is 14.8 Å². The predicted octanol–water partition coefficient (Wildman–Crippen LogP) is 0.896. The number of nitrogens with zero attached hydrogens (tertiary/aromatic N) is 4. The molecule has 0 spiro atoms. The number of benzene rings is 1. The van der Waals surface area contributed by atoms with E-state index >= 15 is 0 Å². The van der Waals surface area contributed by atoms with Crippen LogP contribution in [0.15, 0.2) is 30.6 Å². The Bertz CT molecular complexity index is 598. The van der Waals surface area contributed by atoms with Gasteiger partial charge in [0.2, 0.25) is 0 Å². The molecule has 0 aliphatic rings. The smallest absolute Gasteiger partial charge is 0.335 e. The Kier molecular flexibility index (Phi) is 2.83. The molecule has 1 aromatic heterocycles. The van der Waals surface area contributed by atoms with Crippen LogP contribution in [0.5, 0.6) is 0 Å². The maximum atomic E-state index is 10.8. The number of aromatic carboxylic acids is 1. The minimum absolute atomic E-state index is 0.0967. The summed E-state index contributed by atoms with van der Waals surface area (Å²) in [5, 5.41) is 21.3. The summed E-state index contributed by atoms with van der Waals surface area (Å²) in [6.45, 7) is 0.385. The van der Waals surface area contributed by atoms with Gasteiger partial charge in [0, 0.05) is 0 Å². The second-order valence-electron chi connectivity index (χ2n) is 3.38. The lowest BCUT2D eigenvalue weighted by Crippen LogP contribution is -2.03. The van der Waals surface area contributed by atoms with E-state index in [9.17, 15) is 4.79 Å². The number of carbonyl (C=O) groups is 1. The summed E-state index contributed by atoms with van der Waals surface area (Å²) < 4.78 is 1.49. The molecule has 0 unspecified atom stereocenters. The maximum absolute atomic E-state index is 10.8. The number of hydrogen-bond donors (Lipinski definition) is 1. The Hall–Kier alpha value is -2.68. The highest BCUT2D eigenvalue weighted by atomic mass is 16.4. The fourth-order valence-corrected chi connectivity index (χ4v) is 1.41. The highest BCUT2D eigenvalue weighted by molar-refractivity contribution is 5.87. The standard InChI is InChI=1S/C11H8N4O2/c12-5-10-13-7-15(14-10)6-8-2-1-3-9(4-8)11(16)17/h1-4,7H,6H2,(H,16,17). The van der Waals surface area contributed by atoms with Crippen molar-refractivity contribution in [3.8, 4) is 6.07 Å². The molecule has 0 atom stereocenters. The van der Waals surface area contributed by atoms with E-state index in [0.29, 0.717) is 6.54 Å². The minimum atomic E-state index is -0.969. The van der Waals surface area contributed by atoms with Crippen molar-refractivity contribution in [3.05, 3.63) is 47.5 Å². The van der Waals surface area contributed by atoms with E-state index in [0.717, 1.165) is 5.56 Å². The van der Waals surface area contributed by atoms with Crippen LogP contribution in [0.4, 0.5) is 0 Å². The zero-order chi connectivity index (χ0) is 12.3. The molecule has 1 aromatic carbocycles. The van der Waals surface area contributed by atoms with Gasteiger partial charge in [-0.15, -0.1) is 5.10 Å². The summed E-state index contributed by atoms with van der Waals surface area (Å²) in [5.74, 6) is -0.873. The van der Waals surface area contributed by atoms with Gasteiger partial charge in [0.25, 0.3) is 5.82 Å². The van der Waals surface area contributed by atoms with Crippen molar-refractivity contribution in [2.75, 3.05) is 0 Å². The number of nitriles is 1. The quantitative estimate of drug-likeness (QED) is 0.842.